The van der Waals surface area contributed by atoms with Crippen molar-refractivity contribution in [3.8, 4) is 0 Å². The fourth-order valence-electron chi connectivity index (χ4n) is 3.21. The van der Waals surface area contributed by atoms with Crippen LogP contribution in [0.2, 0.25) is 0 Å². The van der Waals surface area contributed by atoms with Crippen molar-refractivity contribution in [2.24, 2.45) is 0 Å². The molecule has 0 radical (unpaired) electrons. The maximum absolute atomic E-state index is 13.3. The van der Waals surface area contributed by atoms with E-state index < -0.39 is 0 Å². The topological polar surface area (TPSA) is 58.7 Å². The van der Waals surface area contributed by atoms with Gasteiger partial charge in [-0.25, -0.2) is 0 Å². The first kappa shape index (κ1) is 21.0. The maximum Gasteiger partial charge on any atom is 0.263 e. The molecule has 2 aromatic rings. The first-order valence-corrected chi connectivity index (χ1v) is 9.53. The molecule has 2 heterocycles. The van der Waals surface area contributed by atoms with Crippen LogP contribution in [0, 0.1) is 6.92 Å². The molecule has 0 aliphatic carbocycles. The number of rotatable bonds is 9. The lowest BCUT2D eigenvalue weighted by Gasteiger charge is -2.24. The number of nitrogens with zero attached hydrogens (tertiary/aromatic N) is 3. The molecular formula is C21H31N3O3. The van der Waals surface area contributed by atoms with E-state index in [0.717, 1.165) is 19.4 Å². The lowest BCUT2D eigenvalue weighted by Crippen LogP contribution is -2.39. The molecule has 2 rings (SSSR count). The summed E-state index contributed by atoms with van der Waals surface area (Å²) in [5, 5.41) is 0. The summed E-state index contributed by atoms with van der Waals surface area (Å²) in [5.41, 5.74) is 0.736. The molecule has 27 heavy (non-hydrogen) atoms. The number of aromatic nitrogens is 1. The number of pyridine rings is 1. The SMILES string of the molecule is CCCCN(Cc1ccco1)C(=O)c1c(C)ccn(C(C)CN(C)C)c1=O. The molecule has 0 spiro atoms. The van der Waals surface area contributed by atoms with Gasteiger partial charge in [0.1, 0.15) is 11.3 Å². The first-order chi connectivity index (χ1) is 12.8. The second kappa shape index (κ2) is 9.55. The Morgan fingerprint density at radius 3 is 2.63 bits per heavy atom. The van der Waals surface area contributed by atoms with E-state index in [1.54, 1.807) is 21.9 Å². The second-order valence-electron chi connectivity index (χ2n) is 7.36. The van der Waals surface area contributed by atoms with Crippen molar-refractivity contribution in [1.29, 1.82) is 0 Å². The standard InChI is InChI=1S/C21H31N3O3/c1-6-7-11-23(15-18-9-8-13-27-18)20(25)19-16(2)10-12-24(21(19)26)17(3)14-22(4)5/h8-10,12-13,17H,6-7,11,14-15H2,1-5H3. The van der Waals surface area contributed by atoms with Gasteiger partial charge in [-0.1, -0.05) is 13.3 Å². The third-order valence-electron chi connectivity index (χ3n) is 4.64. The van der Waals surface area contributed by atoms with Crippen LogP contribution >= 0.6 is 0 Å². The molecule has 1 amide bonds. The highest BCUT2D eigenvalue weighted by Gasteiger charge is 2.23. The highest BCUT2D eigenvalue weighted by atomic mass is 16.3. The molecule has 0 saturated heterocycles. The molecule has 0 saturated carbocycles. The third-order valence-corrected chi connectivity index (χ3v) is 4.64. The molecule has 0 aliphatic heterocycles. The van der Waals surface area contributed by atoms with Gasteiger partial charge >= 0.3 is 0 Å². The molecule has 1 unspecified atom stereocenters. The van der Waals surface area contributed by atoms with Gasteiger partial charge in [-0.3, -0.25) is 9.59 Å². The van der Waals surface area contributed by atoms with Gasteiger partial charge in [-0.05, 0) is 58.1 Å². The van der Waals surface area contributed by atoms with E-state index in [4.69, 9.17) is 4.42 Å². The Kier molecular flexibility index (Phi) is 7.42. The number of carbonyl (C=O) groups is 1. The van der Waals surface area contributed by atoms with E-state index in [1.807, 2.05) is 51.0 Å². The number of carbonyl (C=O) groups excluding carboxylic acids is 1. The van der Waals surface area contributed by atoms with Gasteiger partial charge < -0.3 is 18.8 Å². The van der Waals surface area contributed by atoms with Crippen LogP contribution in [-0.4, -0.2) is 47.5 Å². The number of aryl methyl sites for hydroxylation is 1. The van der Waals surface area contributed by atoms with Crippen LogP contribution in [0.3, 0.4) is 0 Å². The largest absolute Gasteiger partial charge is 0.467 e. The Hall–Kier alpha value is -2.34. The smallest absolute Gasteiger partial charge is 0.263 e. The van der Waals surface area contributed by atoms with Gasteiger partial charge in [0.25, 0.3) is 11.5 Å². The Labute approximate surface area is 161 Å². The average Bonchev–Trinajstić information content (AvgIpc) is 3.10. The fourth-order valence-corrected chi connectivity index (χ4v) is 3.21. The van der Waals surface area contributed by atoms with Crippen molar-refractivity contribution >= 4 is 5.91 Å². The fraction of sp³-hybridized carbons (Fsp3) is 0.524. The highest BCUT2D eigenvalue weighted by molar-refractivity contribution is 5.95. The normalized spacial score (nSPS) is 12.4. The quantitative estimate of drug-likeness (QED) is 0.677. The number of hydrogen-bond acceptors (Lipinski definition) is 4. The van der Waals surface area contributed by atoms with Crippen LogP contribution in [0.1, 0.15) is 54.4 Å². The van der Waals surface area contributed by atoms with Gasteiger partial charge in [0.15, 0.2) is 0 Å². The van der Waals surface area contributed by atoms with Crippen LogP contribution in [0.15, 0.2) is 39.9 Å². The summed E-state index contributed by atoms with van der Waals surface area (Å²) in [7, 11) is 3.94. The second-order valence-corrected chi connectivity index (χ2v) is 7.36. The van der Waals surface area contributed by atoms with Crippen molar-refractivity contribution in [2.75, 3.05) is 27.2 Å². The Balaban J connectivity index is 2.37. The highest BCUT2D eigenvalue weighted by Crippen LogP contribution is 2.14. The number of furan rings is 1. The van der Waals surface area contributed by atoms with Crippen molar-refractivity contribution < 1.29 is 9.21 Å². The van der Waals surface area contributed by atoms with E-state index in [-0.39, 0.29) is 23.1 Å². The lowest BCUT2D eigenvalue weighted by atomic mass is 10.1. The Bertz CT molecular complexity index is 793. The van der Waals surface area contributed by atoms with E-state index in [0.29, 0.717) is 24.4 Å². The molecule has 0 aliphatic rings. The molecule has 2 aromatic heterocycles. The predicted molar refractivity (Wildman–Crippen MR) is 107 cm³/mol. The first-order valence-electron chi connectivity index (χ1n) is 9.53. The minimum Gasteiger partial charge on any atom is -0.467 e. The lowest BCUT2D eigenvalue weighted by molar-refractivity contribution is 0.0725. The van der Waals surface area contributed by atoms with Crippen LogP contribution in [-0.2, 0) is 6.54 Å². The molecule has 1 atom stereocenters. The van der Waals surface area contributed by atoms with Crippen LogP contribution < -0.4 is 5.56 Å². The van der Waals surface area contributed by atoms with Gasteiger partial charge in [0.05, 0.1) is 12.8 Å². The van der Waals surface area contributed by atoms with Gasteiger partial charge in [0, 0.05) is 25.3 Å². The minimum absolute atomic E-state index is 0.0196. The molecule has 0 bridgehead atoms. The predicted octanol–water partition coefficient (Wildman–Crippen LogP) is 3.31. The molecule has 6 nitrogen and oxygen atoms in total. The molecular weight excluding hydrogens is 342 g/mol. The Morgan fingerprint density at radius 1 is 1.30 bits per heavy atom. The van der Waals surface area contributed by atoms with E-state index in [9.17, 15) is 9.59 Å². The minimum atomic E-state index is -0.228. The maximum atomic E-state index is 13.3. The number of likely N-dealkylation sites (N-methyl/N-ethyl adjacent to an activating group) is 1. The summed E-state index contributed by atoms with van der Waals surface area (Å²) in [4.78, 5) is 30.1. The average molecular weight is 373 g/mol. The molecule has 148 valence electrons. The number of unbranched alkanes of at least 4 members (excludes halogenated alkanes) is 1. The summed E-state index contributed by atoms with van der Waals surface area (Å²) in [5.74, 6) is 0.489. The van der Waals surface area contributed by atoms with Gasteiger partial charge in [0.2, 0.25) is 0 Å². The van der Waals surface area contributed by atoms with Crippen LogP contribution in [0.4, 0.5) is 0 Å². The van der Waals surface area contributed by atoms with Crippen LogP contribution in [0.25, 0.3) is 0 Å². The number of hydrogen-bond donors (Lipinski definition) is 0. The molecule has 0 aromatic carbocycles. The van der Waals surface area contributed by atoms with Crippen molar-refractivity contribution in [1.82, 2.24) is 14.4 Å². The summed E-state index contributed by atoms with van der Waals surface area (Å²) >= 11 is 0. The number of amides is 1. The summed E-state index contributed by atoms with van der Waals surface area (Å²) in [6, 6.07) is 5.49. The van der Waals surface area contributed by atoms with Gasteiger partial charge in [-0.2, -0.15) is 0 Å². The Morgan fingerprint density at radius 2 is 2.04 bits per heavy atom. The molecule has 0 fully saturated rings. The zero-order valence-electron chi connectivity index (χ0n) is 17.1. The van der Waals surface area contributed by atoms with Gasteiger partial charge in [-0.15, -0.1) is 0 Å². The van der Waals surface area contributed by atoms with Crippen molar-refractivity contribution in [2.45, 2.75) is 46.2 Å². The van der Waals surface area contributed by atoms with E-state index in [1.165, 1.54) is 0 Å². The summed E-state index contributed by atoms with van der Waals surface area (Å²) in [6.07, 6.45) is 5.23. The van der Waals surface area contributed by atoms with Crippen LogP contribution in [0.5, 0.6) is 0 Å². The van der Waals surface area contributed by atoms with Crippen molar-refractivity contribution in [3.63, 3.8) is 0 Å². The van der Waals surface area contributed by atoms with Crippen molar-refractivity contribution in [3.05, 3.63) is 57.9 Å². The summed E-state index contributed by atoms with van der Waals surface area (Å²) < 4.78 is 7.07. The zero-order valence-corrected chi connectivity index (χ0v) is 17.1. The monoisotopic (exact) mass is 373 g/mol. The molecule has 6 heteroatoms. The summed E-state index contributed by atoms with van der Waals surface area (Å²) in [6.45, 7) is 7.58. The van der Waals surface area contributed by atoms with E-state index >= 15 is 0 Å². The third kappa shape index (κ3) is 5.32. The van der Waals surface area contributed by atoms with E-state index in [2.05, 4.69) is 6.92 Å². The zero-order chi connectivity index (χ0) is 20.0. The molecule has 0 N–H and O–H groups in total.